The highest BCUT2D eigenvalue weighted by atomic mass is 16.6. The average Bonchev–Trinajstić information content (AvgIpc) is 1.98. The quantitative estimate of drug-likeness (QED) is 0.806. The van der Waals surface area contributed by atoms with Crippen molar-refractivity contribution >= 4 is 6.09 Å². The molecule has 96 valence electrons. The van der Waals surface area contributed by atoms with Crippen LogP contribution in [0.4, 0.5) is 4.79 Å². The number of carbonyl (C=O) groups excluding carboxylic acids is 1. The molecule has 4 heteroatoms. The lowest BCUT2D eigenvalue weighted by atomic mass is 10.2. The minimum absolute atomic E-state index is 0.101. The lowest BCUT2D eigenvalue weighted by Gasteiger charge is -2.30. The zero-order valence-electron chi connectivity index (χ0n) is 11.4. The normalized spacial score (nSPS) is 13.8. The topological polar surface area (TPSA) is 55.6 Å². The van der Waals surface area contributed by atoms with Gasteiger partial charge in [-0.15, -0.1) is 0 Å². The van der Waals surface area contributed by atoms with E-state index in [4.69, 9.17) is 10.5 Å². The first-order valence-corrected chi connectivity index (χ1v) is 5.88. The zero-order valence-corrected chi connectivity index (χ0v) is 11.4. The summed E-state index contributed by atoms with van der Waals surface area (Å²) in [5.41, 5.74) is 5.24. The molecular weight excluding hydrogens is 204 g/mol. The lowest BCUT2D eigenvalue weighted by Crippen LogP contribution is -2.42. The van der Waals surface area contributed by atoms with Crippen LogP contribution in [0.2, 0.25) is 0 Å². The Balaban J connectivity index is 4.36. The molecule has 0 aromatic rings. The number of ether oxygens (including phenoxy) is 1. The third-order valence-corrected chi connectivity index (χ3v) is 2.08. The van der Waals surface area contributed by atoms with Crippen LogP contribution in [-0.4, -0.2) is 35.2 Å². The van der Waals surface area contributed by atoms with Crippen molar-refractivity contribution in [2.24, 2.45) is 5.73 Å². The van der Waals surface area contributed by atoms with Crippen LogP contribution in [0, 0.1) is 0 Å². The molecule has 0 aliphatic heterocycles. The van der Waals surface area contributed by atoms with Crippen molar-refractivity contribution in [2.45, 2.75) is 65.6 Å². The summed E-state index contributed by atoms with van der Waals surface area (Å²) in [5.74, 6) is 0. The molecule has 0 aliphatic rings. The lowest BCUT2D eigenvalue weighted by molar-refractivity contribution is 0.0186. The van der Waals surface area contributed by atoms with Gasteiger partial charge in [0.2, 0.25) is 0 Å². The molecule has 0 saturated heterocycles. The van der Waals surface area contributed by atoms with Gasteiger partial charge in [0.1, 0.15) is 5.60 Å². The Morgan fingerprint density at radius 3 is 2.12 bits per heavy atom. The van der Waals surface area contributed by atoms with Crippen molar-refractivity contribution in [1.82, 2.24) is 4.90 Å². The third kappa shape index (κ3) is 6.67. The van der Waals surface area contributed by atoms with Crippen LogP contribution in [0.15, 0.2) is 0 Å². The van der Waals surface area contributed by atoms with Crippen LogP contribution in [-0.2, 0) is 4.74 Å². The minimum Gasteiger partial charge on any atom is -0.444 e. The number of nitrogens with two attached hydrogens (primary N) is 1. The summed E-state index contributed by atoms with van der Waals surface area (Å²) >= 11 is 0. The van der Waals surface area contributed by atoms with Crippen LogP contribution in [0.5, 0.6) is 0 Å². The summed E-state index contributed by atoms with van der Waals surface area (Å²) in [5, 5.41) is 0. The first-order chi connectivity index (χ1) is 7.13. The van der Waals surface area contributed by atoms with E-state index < -0.39 is 5.60 Å². The Morgan fingerprint density at radius 1 is 1.31 bits per heavy atom. The molecular formula is C12H26N2O2. The van der Waals surface area contributed by atoms with Crippen LogP contribution >= 0.6 is 0 Å². The highest BCUT2D eigenvalue weighted by molar-refractivity contribution is 5.68. The molecule has 1 atom stereocenters. The second kappa shape index (κ2) is 6.09. The first kappa shape index (κ1) is 15.2. The van der Waals surface area contributed by atoms with Gasteiger partial charge in [-0.25, -0.2) is 4.79 Å². The van der Waals surface area contributed by atoms with Crippen LogP contribution in [0.3, 0.4) is 0 Å². The van der Waals surface area contributed by atoms with Gasteiger partial charge in [0.25, 0.3) is 0 Å². The molecule has 0 aromatic carbocycles. The van der Waals surface area contributed by atoms with Crippen LogP contribution < -0.4 is 5.73 Å². The summed E-state index contributed by atoms with van der Waals surface area (Å²) in [6, 6.07) is 0.234. The summed E-state index contributed by atoms with van der Waals surface area (Å²) in [4.78, 5) is 13.6. The maximum atomic E-state index is 11.9. The van der Waals surface area contributed by atoms with E-state index in [0.29, 0.717) is 6.54 Å². The van der Waals surface area contributed by atoms with Gasteiger partial charge in [-0.05, 0) is 48.0 Å². The van der Waals surface area contributed by atoms with Gasteiger partial charge in [-0.3, -0.25) is 0 Å². The number of carbonyl (C=O) groups is 1. The molecule has 16 heavy (non-hydrogen) atoms. The largest absolute Gasteiger partial charge is 0.444 e. The summed E-state index contributed by atoms with van der Waals surface area (Å²) in [6.45, 7) is 12.1. The van der Waals surface area contributed by atoms with Crippen molar-refractivity contribution < 1.29 is 9.53 Å². The Labute approximate surface area is 99.1 Å². The van der Waals surface area contributed by atoms with Gasteiger partial charge in [-0.2, -0.15) is 0 Å². The molecule has 0 aromatic heterocycles. The molecule has 1 amide bonds. The predicted octanol–water partition coefficient (Wildman–Crippen LogP) is 2.37. The first-order valence-electron chi connectivity index (χ1n) is 5.88. The van der Waals surface area contributed by atoms with Gasteiger partial charge in [0.15, 0.2) is 0 Å². The van der Waals surface area contributed by atoms with E-state index in [0.717, 1.165) is 6.42 Å². The van der Waals surface area contributed by atoms with E-state index in [2.05, 4.69) is 0 Å². The van der Waals surface area contributed by atoms with Gasteiger partial charge in [0.05, 0.1) is 0 Å². The molecule has 0 spiro atoms. The fourth-order valence-electron chi connectivity index (χ4n) is 1.22. The second-order valence-corrected chi connectivity index (χ2v) is 5.53. The Kier molecular flexibility index (Phi) is 5.79. The smallest absolute Gasteiger partial charge is 0.410 e. The Bertz CT molecular complexity index is 220. The monoisotopic (exact) mass is 230 g/mol. The molecule has 0 radical (unpaired) electrons. The van der Waals surface area contributed by atoms with E-state index >= 15 is 0 Å². The maximum Gasteiger partial charge on any atom is 0.410 e. The predicted molar refractivity (Wildman–Crippen MR) is 66.3 cm³/mol. The van der Waals surface area contributed by atoms with Crippen molar-refractivity contribution in [3.63, 3.8) is 0 Å². The fourth-order valence-corrected chi connectivity index (χ4v) is 1.22. The number of hydrogen-bond donors (Lipinski definition) is 1. The van der Waals surface area contributed by atoms with E-state index in [9.17, 15) is 4.79 Å². The summed E-state index contributed by atoms with van der Waals surface area (Å²) < 4.78 is 5.34. The van der Waals surface area contributed by atoms with Crippen molar-refractivity contribution in [3.8, 4) is 0 Å². The highest BCUT2D eigenvalue weighted by Crippen LogP contribution is 2.12. The summed E-state index contributed by atoms with van der Waals surface area (Å²) in [6.07, 6.45) is 0.528. The summed E-state index contributed by atoms with van der Waals surface area (Å²) in [7, 11) is 0. The SMILES string of the molecule is CC(C)N(CC[C@H](C)N)C(=O)OC(C)(C)C. The van der Waals surface area contributed by atoms with Gasteiger partial charge in [0, 0.05) is 18.6 Å². The second-order valence-electron chi connectivity index (χ2n) is 5.53. The number of rotatable bonds is 4. The van der Waals surface area contributed by atoms with Gasteiger partial charge in [-0.1, -0.05) is 0 Å². The molecule has 0 heterocycles. The van der Waals surface area contributed by atoms with E-state index in [1.54, 1.807) is 4.90 Å². The van der Waals surface area contributed by atoms with Crippen molar-refractivity contribution in [2.75, 3.05) is 6.54 Å². The van der Waals surface area contributed by atoms with E-state index in [1.807, 2.05) is 41.5 Å². The van der Waals surface area contributed by atoms with Gasteiger partial charge >= 0.3 is 6.09 Å². The fraction of sp³-hybridized carbons (Fsp3) is 0.917. The maximum absolute atomic E-state index is 11.9. The minimum atomic E-state index is -0.446. The molecule has 0 unspecified atom stereocenters. The third-order valence-electron chi connectivity index (χ3n) is 2.08. The standard InChI is InChI=1S/C12H26N2O2/c1-9(2)14(8-7-10(3)13)11(15)16-12(4,5)6/h9-10H,7-8,13H2,1-6H3/t10-/m0/s1. The molecule has 0 aliphatic carbocycles. The van der Waals surface area contributed by atoms with E-state index in [-0.39, 0.29) is 18.2 Å². The Morgan fingerprint density at radius 2 is 1.81 bits per heavy atom. The highest BCUT2D eigenvalue weighted by Gasteiger charge is 2.23. The van der Waals surface area contributed by atoms with Crippen LogP contribution in [0.1, 0.15) is 48.0 Å². The number of amides is 1. The molecule has 2 N–H and O–H groups in total. The molecule has 0 saturated carbocycles. The molecule has 0 bridgehead atoms. The molecule has 0 rings (SSSR count). The molecule has 0 fully saturated rings. The van der Waals surface area contributed by atoms with Crippen molar-refractivity contribution in [1.29, 1.82) is 0 Å². The van der Waals surface area contributed by atoms with E-state index in [1.165, 1.54) is 0 Å². The van der Waals surface area contributed by atoms with Crippen LogP contribution in [0.25, 0.3) is 0 Å². The number of hydrogen-bond acceptors (Lipinski definition) is 3. The average molecular weight is 230 g/mol. The zero-order chi connectivity index (χ0) is 12.9. The number of nitrogens with zero attached hydrogens (tertiary/aromatic N) is 1. The molecule has 4 nitrogen and oxygen atoms in total. The van der Waals surface area contributed by atoms with Gasteiger partial charge < -0.3 is 15.4 Å². The Hall–Kier alpha value is -0.770. The van der Waals surface area contributed by atoms with Crippen molar-refractivity contribution in [3.05, 3.63) is 0 Å².